The Bertz CT molecular complexity index is 516. The molecular weight excluding hydrogens is 265 g/mol. The molecule has 2 N–H and O–H groups in total. The van der Waals surface area contributed by atoms with Gasteiger partial charge >= 0.3 is 5.69 Å². The Kier molecular flexibility index (Phi) is 4.49. The maximum atomic E-state index is 13.1. The third-order valence-electron chi connectivity index (χ3n) is 3.32. The molecule has 1 aliphatic carbocycles. The third-order valence-corrected chi connectivity index (χ3v) is 3.32. The van der Waals surface area contributed by atoms with E-state index in [4.69, 9.17) is 0 Å². The minimum Gasteiger partial charge on any atom is -0.376 e. The number of nitro groups is 1. The summed E-state index contributed by atoms with van der Waals surface area (Å²) in [5.74, 6) is -1.06. The highest BCUT2D eigenvalue weighted by Gasteiger charge is 2.17. The van der Waals surface area contributed by atoms with Gasteiger partial charge in [0.05, 0.1) is 11.5 Å². The molecule has 0 spiro atoms. The van der Waals surface area contributed by atoms with Gasteiger partial charge in [-0.1, -0.05) is 12.8 Å². The standard InChI is InChI=1S/C13H16FN3O3/c14-11-6-5-10(7-12(11)17(19)20)15-8-13(18)16-9-3-1-2-4-9/h5-7,9,15H,1-4,8H2,(H,16,18). The summed E-state index contributed by atoms with van der Waals surface area (Å²) in [7, 11) is 0. The Balaban J connectivity index is 1.88. The fourth-order valence-corrected chi connectivity index (χ4v) is 2.29. The van der Waals surface area contributed by atoms with Crippen molar-refractivity contribution in [1.29, 1.82) is 0 Å². The van der Waals surface area contributed by atoms with E-state index >= 15 is 0 Å². The zero-order valence-electron chi connectivity index (χ0n) is 10.9. The molecule has 0 atom stereocenters. The van der Waals surface area contributed by atoms with Gasteiger partial charge < -0.3 is 10.6 Å². The third kappa shape index (κ3) is 3.66. The van der Waals surface area contributed by atoms with Gasteiger partial charge in [-0.05, 0) is 25.0 Å². The van der Waals surface area contributed by atoms with E-state index < -0.39 is 16.4 Å². The zero-order valence-corrected chi connectivity index (χ0v) is 10.9. The largest absolute Gasteiger partial charge is 0.376 e. The van der Waals surface area contributed by atoms with Gasteiger partial charge in [-0.3, -0.25) is 14.9 Å². The Labute approximate surface area is 115 Å². The summed E-state index contributed by atoms with van der Waals surface area (Å²) in [6.07, 6.45) is 4.24. The van der Waals surface area contributed by atoms with Gasteiger partial charge in [-0.15, -0.1) is 0 Å². The molecule has 0 saturated heterocycles. The van der Waals surface area contributed by atoms with Crippen molar-refractivity contribution in [2.75, 3.05) is 11.9 Å². The number of hydrogen-bond donors (Lipinski definition) is 2. The molecule has 1 aromatic carbocycles. The summed E-state index contributed by atoms with van der Waals surface area (Å²) in [5.41, 5.74) is -0.258. The number of anilines is 1. The first-order valence-corrected chi connectivity index (χ1v) is 6.53. The van der Waals surface area contributed by atoms with Crippen LogP contribution in [0, 0.1) is 15.9 Å². The highest BCUT2D eigenvalue weighted by molar-refractivity contribution is 5.81. The van der Waals surface area contributed by atoms with Crippen LogP contribution in [0.4, 0.5) is 15.8 Å². The summed E-state index contributed by atoms with van der Waals surface area (Å²) >= 11 is 0. The molecule has 0 aliphatic heterocycles. The zero-order chi connectivity index (χ0) is 14.5. The molecule has 0 bridgehead atoms. The minimum atomic E-state index is -0.893. The first-order valence-electron chi connectivity index (χ1n) is 6.53. The Morgan fingerprint density at radius 3 is 2.75 bits per heavy atom. The number of rotatable bonds is 5. The number of amides is 1. The summed E-state index contributed by atoms with van der Waals surface area (Å²) in [4.78, 5) is 21.5. The fraction of sp³-hybridized carbons (Fsp3) is 0.462. The van der Waals surface area contributed by atoms with Crippen molar-refractivity contribution >= 4 is 17.3 Å². The van der Waals surface area contributed by atoms with E-state index in [2.05, 4.69) is 10.6 Å². The second-order valence-electron chi connectivity index (χ2n) is 4.83. The van der Waals surface area contributed by atoms with Gasteiger partial charge in [0.25, 0.3) is 0 Å². The smallest absolute Gasteiger partial charge is 0.306 e. The molecule has 108 valence electrons. The summed E-state index contributed by atoms with van der Waals surface area (Å²) in [6.45, 7) is 0.0132. The van der Waals surface area contributed by atoms with E-state index in [1.54, 1.807) is 0 Å². The van der Waals surface area contributed by atoms with Gasteiger partial charge in [0.1, 0.15) is 0 Å². The topological polar surface area (TPSA) is 84.3 Å². The van der Waals surface area contributed by atoms with Crippen molar-refractivity contribution in [1.82, 2.24) is 5.32 Å². The van der Waals surface area contributed by atoms with Crippen LogP contribution in [-0.2, 0) is 4.79 Å². The van der Waals surface area contributed by atoms with Gasteiger partial charge in [0.15, 0.2) is 0 Å². The van der Waals surface area contributed by atoms with Gasteiger partial charge in [-0.25, -0.2) is 0 Å². The molecule has 7 heteroatoms. The molecule has 1 fully saturated rings. The van der Waals surface area contributed by atoms with E-state index in [1.165, 1.54) is 6.07 Å². The lowest BCUT2D eigenvalue weighted by Crippen LogP contribution is -2.36. The predicted octanol–water partition coefficient (Wildman–Crippen LogP) is 2.20. The van der Waals surface area contributed by atoms with Crippen molar-refractivity contribution in [3.05, 3.63) is 34.1 Å². The average Bonchev–Trinajstić information content (AvgIpc) is 2.90. The highest BCUT2D eigenvalue weighted by Crippen LogP contribution is 2.21. The maximum absolute atomic E-state index is 13.1. The lowest BCUT2D eigenvalue weighted by Gasteiger charge is -2.12. The van der Waals surface area contributed by atoms with Crippen LogP contribution in [0.25, 0.3) is 0 Å². The van der Waals surface area contributed by atoms with Crippen LogP contribution < -0.4 is 10.6 Å². The number of carbonyl (C=O) groups excluding carboxylic acids is 1. The van der Waals surface area contributed by atoms with Crippen molar-refractivity contribution in [3.8, 4) is 0 Å². The molecule has 0 radical (unpaired) electrons. The molecule has 20 heavy (non-hydrogen) atoms. The van der Waals surface area contributed by atoms with Crippen LogP contribution in [0.2, 0.25) is 0 Å². The second kappa shape index (κ2) is 6.31. The lowest BCUT2D eigenvalue weighted by molar-refractivity contribution is -0.387. The SMILES string of the molecule is O=C(CNc1ccc(F)c([N+](=O)[O-])c1)NC1CCCC1. The Hall–Kier alpha value is -2.18. The predicted molar refractivity (Wildman–Crippen MR) is 71.9 cm³/mol. The molecule has 2 rings (SSSR count). The number of carbonyl (C=O) groups is 1. The molecule has 6 nitrogen and oxygen atoms in total. The summed E-state index contributed by atoms with van der Waals surface area (Å²) in [5, 5.41) is 16.2. The van der Waals surface area contributed by atoms with Crippen LogP contribution in [0.1, 0.15) is 25.7 Å². The van der Waals surface area contributed by atoms with Crippen LogP contribution in [0.5, 0.6) is 0 Å². The number of hydrogen-bond acceptors (Lipinski definition) is 4. The van der Waals surface area contributed by atoms with E-state index in [9.17, 15) is 19.3 Å². The molecule has 0 heterocycles. The molecule has 1 aromatic rings. The Morgan fingerprint density at radius 1 is 1.40 bits per heavy atom. The molecule has 1 amide bonds. The summed E-state index contributed by atoms with van der Waals surface area (Å²) < 4.78 is 13.1. The fourth-order valence-electron chi connectivity index (χ4n) is 2.29. The minimum absolute atomic E-state index is 0.0132. The van der Waals surface area contributed by atoms with E-state index in [0.29, 0.717) is 5.69 Å². The second-order valence-corrected chi connectivity index (χ2v) is 4.83. The van der Waals surface area contributed by atoms with Gasteiger partial charge in [0, 0.05) is 17.8 Å². The monoisotopic (exact) mass is 281 g/mol. The maximum Gasteiger partial charge on any atom is 0.306 e. The molecule has 0 aromatic heterocycles. The Morgan fingerprint density at radius 2 is 2.10 bits per heavy atom. The molecule has 1 aliphatic rings. The van der Waals surface area contributed by atoms with E-state index in [-0.39, 0.29) is 18.5 Å². The van der Waals surface area contributed by atoms with Crippen molar-refractivity contribution < 1.29 is 14.1 Å². The molecule has 0 unspecified atom stereocenters. The van der Waals surface area contributed by atoms with Crippen molar-refractivity contribution in [3.63, 3.8) is 0 Å². The van der Waals surface area contributed by atoms with Crippen molar-refractivity contribution in [2.45, 2.75) is 31.7 Å². The van der Waals surface area contributed by atoms with Crippen LogP contribution in [0.3, 0.4) is 0 Å². The molecule has 1 saturated carbocycles. The first kappa shape index (κ1) is 14.2. The highest BCUT2D eigenvalue weighted by atomic mass is 19.1. The number of nitrogens with zero attached hydrogens (tertiary/aromatic N) is 1. The number of benzene rings is 1. The van der Waals surface area contributed by atoms with Crippen LogP contribution >= 0.6 is 0 Å². The summed E-state index contributed by atoms with van der Waals surface area (Å²) in [6, 6.07) is 3.69. The van der Waals surface area contributed by atoms with Crippen molar-refractivity contribution in [2.24, 2.45) is 0 Å². The van der Waals surface area contributed by atoms with Crippen LogP contribution in [-0.4, -0.2) is 23.4 Å². The number of nitro benzene ring substituents is 1. The average molecular weight is 281 g/mol. The number of nitrogens with one attached hydrogen (secondary N) is 2. The van der Waals surface area contributed by atoms with E-state index in [1.807, 2.05) is 0 Å². The van der Waals surface area contributed by atoms with Gasteiger partial charge in [-0.2, -0.15) is 4.39 Å². The number of halogens is 1. The normalized spacial score (nSPS) is 15.1. The molecular formula is C13H16FN3O3. The first-order chi connectivity index (χ1) is 9.56. The lowest BCUT2D eigenvalue weighted by atomic mass is 10.2. The quantitative estimate of drug-likeness (QED) is 0.640. The van der Waals surface area contributed by atoms with Crippen LogP contribution in [0.15, 0.2) is 18.2 Å². The van der Waals surface area contributed by atoms with E-state index in [0.717, 1.165) is 37.8 Å². The van der Waals surface area contributed by atoms with Gasteiger partial charge in [0.2, 0.25) is 11.7 Å².